The Bertz CT molecular complexity index is 733. The highest BCUT2D eigenvalue weighted by Crippen LogP contribution is 2.25. The second kappa shape index (κ2) is 11.4. The van der Waals surface area contributed by atoms with E-state index in [1.54, 1.807) is 6.07 Å². The minimum atomic E-state index is -0.325. The lowest BCUT2D eigenvalue weighted by atomic mass is 10.0. The first-order valence-electron chi connectivity index (χ1n) is 9.98. The number of unbranched alkanes of at least 4 members (excludes halogenated alkanes) is 1. The van der Waals surface area contributed by atoms with Crippen molar-refractivity contribution in [3.8, 4) is 5.75 Å². The lowest BCUT2D eigenvalue weighted by Crippen LogP contribution is -2.14. The molecule has 4 nitrogen and oxygen atoms in total. The molecule has 146 valence electrons. The summed E-state index contributed by atoms with van der Waals surface area (Å²) in [4.78, 5) is 24.0. The number of hydrogen-bond acceptors (Lipinski definition) is 4. The molecule has 0 aliphatic carbocycles. The third kappa shape index (κ3) is 7.05. The first-order valence-corrected chi connectivity index (χ1v) is 9.98. The normalized spacial score (nSPS) is 11.9. The third-order valence-corrected chi connectivity index (χ3v) is 4.76. The molecule has 27 heavy (non-hydrogen) atoms. The average Bonchev–Trinajstić information content (AvgIpc) is 2.68. The van der Waals surface area contributed by atoms with Crippen LogP contribution in [-0.4, -0.2) is 18.5 Å². The highest BCUT2D eigenvalue weighted by atomic mass is 16.5. The highest BCUT2D eigenvalue weighted by molar-refractivity contribution is 5.90. The van der Waals surface area contributed by atoms with Gasteiger partial charge in [-0.3, -0.25) is 9.59 Å². The van der Waals surface area contributed by atoms with E-state index in [0.29, 0.717) is 24.7 Å². The maximum Gasteiger partial charge on any atom is 0.311 e. The number of fused-ring (bicyclic) bond motifs is 1. The van der Waals surface area contributed by atoms with Crippen LogP contribution in [0.1, 0.15) is 58.8 Å². The Balaban J connectivity index is 1.72. The SMILES string of the molecule is CCCCC(CC)COC(=O)CCCC(=O)Oc1cccc2ccccc12. The lowest BCUT2D eigenvalue weighted by Gasteiger charge is -2.14. The van der Waals surface area contributed by atoms with Gasteiger partial charge in [-0.2, -0.15) is 0 Å². The van der Waals surface area contributed by atoms with Crippen molar-refractivity contribution in [2.24, 2.45) is 5.92 Å². The molecule has 4 heteroatoms. The van der Waals surface area contributed by atoms with Crippen molar-refractivity contribution in [3.63, 3.8) is 0 Å². The minimum Gasteiger partial charge on any atom is -0.465 e. The maximum atomic E-state index is 12.1. The monoisotopic (exact) mass is 370 g/mol. The van der Waals surface area contributed by atoms with Gasteiger partial charge >= 0.3 is 11.9 Å². The van der Waals surface area contributed by atoms with Gasteiger partial charge in [0.25, 0.3) is 0 Å². The number of hydrogen-bond donors (Lipinski definition) is 0. The Morgan fingerprint density at radius 1 is 0.926 bits per heavy atom. The first kappa shape index (κ1) is 20.9. The molecule has 2 rings (SSSR count). The molecular formula is C23H30O4. The summed E-state index contributed by atoms with van der Waals surface area (Å²) in [6.07, 6.45) is 5.32. The van der Waals surface area contributed by atoms with Gasteiger partial charge in [0.15, 0.2) is 0 Å². The maximum absolute atomic E-state index is 12.1. The predicted octanol–water partition coefficient (Wildman–Crippen LogP) is 5.68. The molecule has 0 fully saturated rings. The van der Waals surface area contributed by atoms with E-state index in [4.69, 9.17) is 9.47 Å². The second-order valence-electron chi connectivity index (χ2n) is 6.90. The Kier molecular flexibility index (Phi) is 8.82. The summed E-state index contributed by atoms with van der Waals surface area (Å²) < 4.78 is 10.8. The first-order chi connectivity index (χ1) is 13.1. The fraction of sp³-hybridized carbons (Fsp3) is 0.478. The second-order valence-corrected chi connectivity index (χ2v) is 6.90. The summed E-state index contributed by atoms with van der Waals surface area (Å²) >= 11 is 0. The zero-order valence-electron chi connectivity index (χ0n) is 16.4. The van der Waals surface area contributed by atoms with Crippen molar-refractivity contribution >= 4 is 22.7 Å². The minimum absolute atomic E-state index is 0.200. The molecular weight excluding hydrogens is 340 g/mol. The summed E-state index contributed by atoms with van der Waals surface area (Å²) in [5.74, 6) is 0.434. The van der Waals surface area contributed by atoms with Crippen LogP contribution in [0.3, 0.4) is 0 Å². The topological polar surface area (TPSA) is 52.6 Å². The molecule has 0 bridgehead atoms. The largest absolute Gasteiger partial charge is 0.465 e. The van der Waals surface area contributed by atoms with Crippen LogP contribution in [0.15, 0.2) is 42.5 Å². The quantitative estimate of drug-likeness (QED) is 0.377. The average molecular weight is 370 g/mol. The number of esters is 2. The van der Waals surface area contributed by atoms with Crippen molar-refractivity contribution in [1.29, 1.82) is 0 Å². The van der Waals surface area contributed by atoms with Gasteiger partial charge in [0.1, 0.15) is 5.75 Å². The standard InChI is InChI=1S/C23H30O4/c1-3-5-10-18(4-2)17-26-22(24)15-9-16-23(25)27-21-14-8-12-19-11-6-7-13-20(19)21/h6-8,11-14,18H,3-5,9-10,15-17H2,1-2H3. The van der Waals surface area contributed by atoms with Crippen LogP contribution in [0.2, 0.25) is 0 Å². The van der Waals surface area contributed by atoms with E-state index in [1.165, 1.54) is 0 Å². The lowest BCUT2D eigenvalue weighted by molar-refractivity contribution is -0.145. The zero-order valence-corrected chi connectivity index (χ0v) is 16.4. The molecule has 0 N–H and O–H groups in total. The van der Waals surface area contributed by atoms with Crippen LogP contribution >= 0.6 is 0 Å². The molecule has 0 spiro atoms. The van der Waals surface area contributed by atoms with Gasteiger partial charge in [-0.15, -0.1) is 0 Å². The van der Waals surface area contributed by atoms with Crippen molar-refractivity contribution in [2.45, 2.75) is 58.8 Å². The number of benzene rings is 2. The van der Waals surface area contributed by atoms with Crippen LogP contribution in [0, 0.1) is 5.92 Å². The Hall–Kier alpha value is -2.36. The summed E-state index contributed by atoms with van der Waals surface area (Å²) in [6.45, 7) is 4.77. The molecule has 0 aliphatic rings. The van der Waals surface area contributed by atoms with Crippen LogP contribution in [0.5, 0.6) is 5.75 Å². The molecule has 2 aromatic carbocycles. The summed E-state index contributed by atoms with van der Waals surface area (Å²) in [6, 6.07) is 13.4. The Labute approximate surface area is 161 Å². The summed E-state index contributed by atoms with van der Waals surface area (Å²) in [5.41, 5.74) is 0. The molecule has 0 saturated heterocycles. The van der Waals surface area contributed by atoms with Gasteiger partial charge in [-0.25, -0.2) is 0 Å². The Morgan fingerprint density at radius 3 is 2.44 bits per heavy atom. The fourth-order valence-electron chi connectivity index (χ4n) is 3.02. The number of ether oxygens (including phenoxy) is 2. The smallest absolute Gasteiger partial charge is 0.311 e. The number of carbonyl (C=O) groups is 2. The zero-order chi connectivity index (χ0) is 19.5. The molecule has 2 aromatic rings. The van der Waals surface area contributed by atoms with Gasteiger partial charge in [-0.05, 0) is 30.2 Å². The summed E-state index contributed by atoms with van der Waals surface area (Å²) in [7, 11) is 0. The number of rotatable bonds is 11. The van der Waals surface area contributed by atoms with Gasteiger partial charge in [0.2, 0.25) is 0 Å². The van der Waals surface area contributed by atoms with E-state index in [-0.39, 0.29) is 24.8 Å². The molecule has 0 amide bonds. The van der Waals surface area contributed by atoms with Crippen LogP contribution < -0.4 is 4.74 Å². The van der Waals surface area contributed by atoms with Crippen molar-refractivity contribution < 1.29 is 19.1 Å². The van der Waals surface area contributed by atoms with E-state index < -0.39 is 0 Å². The predicted molar refractivity (Wildman–Crippen MR) is 108 cm³/mol. The van der Waals surface area contributed by atoms with E-state index >= 15 is 0 Å². The summed E-state index contributed by atoms with van der Waals surface area (Å²) in [5, 5.41) is 1.94. The van der Waals surface area contributed by atoms with E-state index in [0.717, 1.165) is 36.5 Å². The third-order valence-electron chi connectivity index (χ3n) is 4.76. The van der Waals surface area contributed by atoms with Gasteiger partial charge in [-0.1, -0.05) is 69.5 Å². The van der Waals surface area contributed by atoms with Crippen LogP contribution in [-0.2, 0) is 14.3 Å². The molecule has 1 atom stereocenters. The highest BCUT2D eigenvalue weighted by Gasteiger charge is 2.12. The number of carbonyl (C=O) groups excluding carboxylic acids is 2. The van der Waals surface area contributed by atoms with Crippen molar-refractivity contribution in [1.82, 2.24) is 0 Å². The van der Waals surface area contributed by atoms with Gasteiger partial charge in [0.05, 0.1) is 6.61 Å². The van der Waals surface area contributed by atoms with Gasteiger partial charge in [0, 0.05) is 18.2 Å². The molecule has 0 saturated carbocycles. The van der Waals surface area contributed by atoms with Crippen LogP contribution in [0.25, 0.3) is 10.8 Å². The van der Waals surface area contributed by atoms with Crippen molar-refractivity contribution in [3.05, 3.63) is 42.5 Å². The molecule has 1 unspecified atom stereocenters. The molecule has 0 aromatic heterocycles. The van der Waals surface area contributed by atoms with Gasteiger partial charge < -0.3 is 9.47 Å². The van der Waals surface area contributed by atoms with Crippen molar-refractivity contribution in [2.75, 3.05) is 6.61 Å². The molecule has 0 heterocycles. The van der Waals surface area contributed by atoms with E-state index in [2.05, 4.69) is 13.8 Å². The Morgan fingerprint density at radius 2 is 1.67 bits per heavy atom. The van der Waals surface area contributed by atoms with Crippen LogP contribution in [0.4, 0.5) is 0 Å². The molecule has 0 aliphatic heterocycles. The molecule has 0 radical (unpaired) electrons. The van der Waals surface area contributed by atoms with E-state index in [1.807, 2.05) is 36.4 Å². The van der Waals surface area contributed by atoms with E-state index in [9.17, 15) is 9.59 Å². The fourth-order valence-corrected chi connectivity index (χ4v) is 3.02.